The number of anilines is 2. The lowest BCUT2D eigenvalue weighted by Gasteiger charge is -2.16. The number of ether oxygens (including phenoxy) is 2. The number of carbonyl (C=O) groups is 1. The zero-order chi connectivity index (χ0) is 19.2. The van der Waals surface area contributed by atoms with Crippen molar-refractivity contribution >= 4 is 27.3 Å². The smallest absolute Gasteiger partial charge is 0.395 e. The number of amides is 1. The van der Waals surface area contributed by atoms with E-state index < -0.39 is 16.3 Å². The molecule has 0 bridgehead atoms. The second-order valence-electron chi connectivity index (χ2n) is 6.08. The third-order valence-corrected chi connectivity index (χ3v) is 5.58. The largest absolute Gasteiger partial charge is 0.586 e. The highest BCUT2D eigenvalue weighted by atomic mass is 32.2. The Morgan fingerprint density at radius 3 is 2.41 bits per heavy atom. The van der Waals surface area contributed by atoms with Crippen LogP contribution in [-0.4, -0.2) is 27.2 Å². The second-order valence-corrected chi connectivity index (χ2v) is 7.76. The van der Waals surface area contributed by atoms with Crippen LogP contribution in [0.3, 0.4) is 0 Å². The standard InChI is InChI=1S/C17H14F2N2O5S/c18-17(19)25-14-8-3-11(10-15(14)26-17)20-27(23,24)13-6-4-12(5-7-13)21-9-1-2-16(21)22/h3-8,10,20H,1-2,9H2. The lowest BCUT2D eigenvalue weighted by molar-refractivity contribution is -0.286. The second kappa shape index (κ2) is 6.08. The summed E-state index contributed by atoms with van der Waals surface area (Å²) in [5.41, 5.74) is 0.676. The lowest BCUT2D eigenvalue weighted by atomic mass is 10.3. The van der Waals surface area contributed by atoms with E-state index in [4.69, 9.17) is 0 Å². The SMILES string of the molecule is O=C1CCCN1c1ccc(S(=O)(=O)Nc2ccc3c(c2)OC(F)(F)O3)cc1. The van der Waals surface area contributed by atoms with Crippen LogP contribution in [0.2, 0.25) is 0 Å². The number of nitrogens with zero attached hydrogens (tertiary/aromatic N) is 1. The highest BCUT2D eigenvalue weighted by Gasteiger charge is 2.43. The van der Waals surface area contributed by atoms with Gasteiger partial charge in [-0.25, -0.2) is 8.42 Å². The van der Waals surface area contributed by atoms with Crippen LogP contribution in [-0.2, 0) is 14.8 Å². The van der Waals surface area contributed by atoms with E-state index in [0.717, 1.165) is 12.5 Å². The number of halogens is 2. The Kier molecular flexibility index (Phi) is 3.95. The van der Waals surface area contributed by atoms with Gasteiger partial charge in [-0.3, -0.25) is 9.52 Å². The fraction of sp³-hybridized carbons (Fsp3) is 0.235. The molecule has 0 atom stereocenters. The molecule has 27 heavy (non-hydrogen) atoms. The molecule has 1 N–H and O–H groups in total. The number of benzene rings is 2. The molecule has 2 aromatic rings. The van der Waals surface area contributed by atoms with Gasteiger partial charge >= 0.3 is 6.29 Å². The molecule has 2 aliphatic heterocycles. The monoisotopic (exact) mass is 396 g/mol. The summed E-state index contributed by atoms with van der Waals surface area (Å²) < 4.78 is 62.0. The fourth-order valence-electron chi connectivity index (χ4n) is 2.95. The molecule has 0 spiro atoms. The molecule has 142 valence electrons. The van der Waals surface area contributed by atoms with Crippen molar-refractivity contribution in [3.8, 4) is 11.5 Å². The summed E-state index contributed by atoms with van der Waals surface area (Å²) in [6.07, 6.45) is -2.53. The van der Waals surface area contributed by atoms with Crippen LogP contribution in [0.4, 0.5) is 20.2 Å². The van der Waals surface area contributed by atoms with Gasteiger partial charge in [-0.15, -0.1) is 8.78 Å². The van der Waals surface area contributed by atoms with Gasteiger partial charge in [0.1, 0.15) is 0 Å². The summed E-state index contributed by atoms with van der Waals surface area (Å²) in [5.74, 6) is -0.438. The zero-order valence-electron chi connectivity index (χ0n) is 13.8. The zero-order valence-corrected chi connectivity index (χ0v) is 14.6. The molecule has 2 aromatic carbocycles. The Balaban J connectivity index is 1.53. The first-order chi connectivity index (χ1) is 12.7. The molecule has 0 aliphatic carbocycles. The van der Waals surface area contributed by atoms with Crippen LogP contribution < -0.4 is 19.1 Å². The predicted molar refractivity (Wildman–Crippen MR) is 91.5 cm³/mol. The number of carbonyl (C=O) groups excluding carboxylic acids is 1. The van der Waals surface area contributed by atoms with E-state index in [9.17, 15) is 22.0 Å². The summed E-state index contributed by atoms with van der Waals surface area (Å²) in [4.78, 5) is 13.3. The van der Waals surface area contributed by atoms with Gasteiger partial charge in [0.2, 0.25) is 5.91 Å². The first kappa shape index (κ1) is 17.5. The Bertz CT molecular complexity index is 1010. The minimum Gasteiger partial charge on any atom is -0.395 e. The van der Waals surface area contributed by atoms with E-state index in [1.165, 1.54) is 24.3 Å². The summed E-state index contributed by atoms with van der Waals surface area (Å²) in [6.45, 7) is 0.602. The highest BCUT2D eigenvalue weighted by molar-refractivity contribution is 7.92. The Labute approximate surface area is 153 Å². The minimum atomic E-state index is -3.95. The van der Waals surface area contributed by atoms with Gasteiger partial charge in [0.05, 0.1) is 10.6 Å². The number of nitrogens with one attached hydrogen (secondary N) is 1. The first-order valence-electron chi connectivity index (χ1n) is 8.07. The summed E-state index contributed by atoms with van der Waals surface area (Å²) in [5, 5.41) is 0. The molecule has 0 unspecified atom stereocenters. The molecule has 1 amide bonds. The van der Waals surface area contributed by atoms with E-state index >= 15 is 0 Å². The van der Waals surface area contributed by atoms with Crippen LogP contribution in [0.15, 0.2) is 47.4 Å². The minimum absolute atomic E-state index is 0.000828. The van der Waals surface area contributed by atoms with Crippen molar-refractivity contribution in [2.75, 3.05) is 16.2 Å². The van der Waals surface area contributed by atoms with Gasteiger partial charge in [-0.05, 0) is 42.8 Å². The number of fused-ring (bicyclic) bond motifs is 1. The summed E-state index contributed by atoms with van der Waals surface area (Å²) in [7, 11) is -3.95. The molecule has 2 aliphatic rings. The molecule has 1 fully saturated rings. The third-order valence-electron chi connectivity index (χ3n) is 4.19. The fourth-order valence-corrected chi connectivity index (χ4v) is 4.00. The molecule has 4 rings (SSSR count). The Hall–Kier alpha value is -2.88. The number of hydrogen-bond acceptors (Lipinski definition) is 5. The molecule has 0 aromatic heterocycles. The molecule has 7 nitrogen and oxygen atoms in total. The summed E-state index contributed by atoms with van der Waals surface area (Å²) in [6, 6.07) is 9.46. The van der Waals surface area contributed by atoms with E-state index in [-0.39, 0.29) is 28.0 Å². The third kappa shape index (κ3) is 3.39. The van der Waals surface area contributed by atoms with Gasteiger partial charge < -0.3 is 14.4 Å². The molecule has 2 heterocycles. The van der Waals surface area contributed by atoms with Gasteiger partial charge in [-0.1, -0.05) is 0 Å². The van der Waals surface area contributed by atoms with Gasteiger partial charge in [-0.2, -0.15) is 0 Å². The number of hydrogen-bond donors (Lipinski definition) is 1. The topological polar surface area (TPSA) is 84.9 Å². The van der Waals surface area contributed by atoms with Gasteiger partial charge in [0.15, 0.2) is 11.5 Å². The van der Waals surface area contributed by atoms with Crippen LogP contribution >= 0.6 is 0 Å². The quantitative estimate of drug-likeness (QED) is 0.859. The average Bonchev–Trinajstić information content (AvgIpc) is 3.15. The van der Waals surface area contributed by atoms with Crippen LogP contribution in [0, 0.1) is 0 Å². The van der Waals surface area contributed by atoms with E-state index in [0.29, 0.717) is 18.7 Å². The summed E-state index contributed by atoms with van der Waals surface area (Å²) >= 11 is 0. The van der Waals surface area contributed by atoms with Crippen molar-refractivity contribution in [2.24, 2.45) is 0 Å². The van der Waals surface area contributed by atoms with Crippen molar-refractivity contribution in [3.05, 3.63) is 42.5 Å². The predicted octanol–water partition coefficient (Wildman–Crippen LogP) is 2.94. The number of alkyl halides is 2. The number of sulfonamides is 1. The average molecular weight is 396 g/mol. The Morgan fingerprint density at radius 1 is 1.04 bits per heavy atom. The highest BCUT2D eigenvalue weighted by Crippen LogP contribution is 2.42. The number of rotatable bonds is 4. The van der Waals surface area contributed by atoms with Crippen molar-refractivity contribution in [1.29, 1.82) is 0 Å². The lowest BCUT2D eigenvalue weighted by Crippen LogP contribution is -2.25. The maximum Gasteiger partial charge on any atom is 0.586 e. The molecule has 1 saturated heterocycles. The van der Waals surface area contributed by atoms with Crippen molar-refractivity contribution in [1.82, 2.24) is 0 Å². The van der Waals surface area contributed by atoms with Crippen LogP contribution in [0.5, 0.6) is 11.5 Å². The molecule has 0 saturated carbocycles. The van der Waals surface area contributed by atoms with Gasteiger partial charge in [0.25, 0.3) is 10.0 Å². The van der Waals surface area contributed by atoms with Crippen molar-refractivity contribution < 1.29 is 31.5 Å². The van der Waals surface area contributed by atoms with Crippen LogP contribution in [0.1, 0.15) is 12.8 Å². The molecular formula is C17H14F2N2O5S. The normalized spacial score (nSPS) is 18.0. The maximum atomic E-state index is 13.1. The molecule has 10 heteroatoms. The van der Waals surface area contributed by atoms with E-state index in [2.05, 4.69) is 14.2 Å². The maximum absolute atomic E-state index is 13.1. The molecule has 0 radical (unpaired) electrons. The molecular weight excluding hydrogens is 382 g/mol. The van der Waals surface area contributed by atoms with Crippen molar-refractivity contribution in [2.45, 2.75) is 24.0 Å². The van der Waals surface area contributed by atoms with E-state index in [1.54, 1.807) is 17.0 Å². The Morgan fingerprint density at radius 2 is 1.74 bits per heavy atom. The van der Waals surface area contributed by atoms with Crippen LogP contribution in [0.25, 0.3) is 0 Å². The first-order valence-corrected chi connectivity index (χ1v) is 9.55. The van der Waals surface area contributed by atoms with E-state index in [1.807, 2.05) is 0 Å². The van der Waals surface area contributed by atoms with Gasteiger partial charge in [0, 0.05) is 24.7 Å². The van der Waals surface area contributed by atoms with Crippen molar-refractivity contribution in [3.63, 3.8) is 0 Å².